The molecule has 60 heavy (non-hydrogen) atoms. The molecule has 0 N–H and O–H groups in total. The normalized spacial score (nSPS) is 13.0. The zero-order valence-electron chi connectivity index (χ0n) is 33.3. The molecule has 0 bridgehead atoms. The quantitative estimate of drug-likeness (QED) is 0.169. The molecule has 0 unspecified atom stereocenters. The summed E-state index contributed by atoms with van der Waals surface area (Å²) in [5.74, 6) is 0. The van der Waals surface area contributed by atoms with E-state index in [-0.39, 0.29) is 5.41 Å². The average molecular weight is 770 g/mol. The van der Waals surface area contributed by atoms with Crippen LogP contribution in [0.25, 0.3) is 88.4 Å². The summed E-state index contributed by atoms with van der Waals surface area (Å²) in [7, 11) is 0. The predicted octanol–water partition coefficient (Wildman–Crippen LogP) is 16.3. The summed E-state index contributed by atoms with van der Waals surface area (Å²) < 4.78 is 13.3. The van der Waals surface area contributed by atoms with Gasteiger partial charge in [0.2, 0.25) is 0 Å². The lowest BCUT2D eigenvalue weighted by Crippen LogP contribution is -2.16. The molecule has 2 heterocycles. The molecule has 9 aromatic carbocycles. The highest BCUT2D eigenvalue weighted by Gasteiger charge is 2.35. The second kappa shape index (κ2) is 13.2. The number of anilines is 3. The molecule has 2 aromatic heterocycles. The van der Waals surface area contributed by atoms with Crippen LogP contribution in [0.15, 0.2) is 209 Å². The van der Waals surface area contributed by atoms with Gasteiger partial charge < -0.3 is 13.7 Å². The van der Waals surface area contributed by atoms with Gasteiger partial charge in [0, 0.05) is 50.1 Å². The molecule has 0 spiro atoms. The highest BCUT2D eigenvalue weighted by atomic mass is 16.3. The Morgan fingerprint density at radius 2 is 0.783 bits per heavy atom. The minimum absolute atomic E-state index is 0.136. The fourth-order valence-corrected chi connectivity index (χ4v) is 9.57. The van der Waals surface area contributed by atoms with E-state index in [1.54, 1.807) is 0 Å². The van der Waals surface area contributed by atoms with Crippen molar-refractivity contribution in [3.05, 3.63) is 211 Å². The van der Waals surface area contributed by atoms with Crippen molar-refractivity contribution in [2.75, 3.05) is 4.90 Å². The van der Waals surface area contributed by atoms with Crippen molar-refractivity contribution in [3.8, 4) is 44.5 Å². The smallest absolute Gasteiger partial charge is 0.137 e. The van der Waals surface area contributed by atoms with E-state index in [0.29, 0.717) is 0 Å². The van der Waals surface area contributed by atoms with E-state index in [4.69, 9.17) is 8.83 Å². The molecule has 11 aromatic rings. The fourth-order valence-electron chi connectivity index (χ4n) is 9.57. The van der Waals surface area contributed by atoms with Gasteiger partial charge in [-0.25, -0.2) is 0 Å². The molecule has 0 saturated carbocycles. The third-order valence-electron chi connectivity index (χ3n) is 12.7. The summed E-state index contributed by atoms with van der Waals surface area (Å²) in [6.45, 7) is 4.68. The molecule has 284 valence electrons. The Labute approximate surface area is 348 Å². The van der Waals surface area contributed by atoms with Gasteiger partial charge in [-0.1, -0.05) is 147 Å². The fraction of sp³-hybridized carbons (Fsp3) is 0.0526. The number of hydrogen-bond acceptors (Lipinski definition) is 3. The van der Waals surface area contributed by atoms with Crippen LogP contribution in [0.5, 0.6) is 0 Å². The minimum Gasteiger partial charge on any atom is -0.456 e. The summed E-state index contributed by atoms with van der Waals surface area (Å²) in [6, 6.07) is 71.9. The van der Waals surface area contributed by atoms with Gasteiger partial charge in [-0.05, 0) is 116 Å². The van der Waals surface area contributed by atoms with Crippen molar-refractivity contribution < 1.29 is 8.83 Å². The van der Waals surface area contributed by atoms with Crippen LogP contribution >= 0.6 is 0 Å². The van der Waals surface area contributed by atoms with E-state index in [0.717, 1.165) is 72.1 Å². The zero-order chi connectivity index (χ0) is 40.0. The Balaban J connectivity index is 0.982. The summed E-state index contributed by atoms with van der Waals surface area (Å²) in [4.78, 5) is 2.37. The van der Waals surface area contributed by atoms with Crippen molar-refractivity contribution in [2.24, 2.45) is 0 Å². The molecule has 0 aliphatic heterocycles. The largest absolute Gasteiger partial charge is 0.456 e. The first-order valence-electron chi connectivity index (χ1n) is 20.6. The standard InChI is InChI=1S/C57H39NO2/c1-57(2)51-19-10-9-18-45(51)46-28-25-43(32-52(46)57)58(42-17-11-16-40(30-42)39-22-20-38(21-23-39)36-12-5-3-6-13-36)44-26-29-48-50-35-55-49(34-56(50)60-54(48)33-44)47-27-24-41(31-53(47)59-55)37-14-7-4-8-15-37/h3-35H,1-2H3. The maximum Gasteiger partial charge on any atom is 0.137 e. The molecule has 0 amide bonds. The van der Waals surface area contributed by atoms with Crippen molar-refractivity contribution >= 4 is 60.9 Å². The van der Waals surface area contributed by atoms with Crippen LogP contribution in [0.3, 0.4) is 0 Å². The average Bonchev–Trinajstić information content (AvgIpc) is 3.92. The summed E-state index contributed by atoms with van der Waals surface area (Å²) in [5, 5.41) is 4.22. The van der Waals surface area contributed by atoms with Crippen molar-refractivity contribution in [3.63, 3.8) is 0 Å². The van der Waals surface area contributed by atoms with Crippen LogP contribution in [-0.4, -0.2) is 0 Å². The van der Waals surface area contributed by atoms with E-state index < -0.39 is 0 Å². The number of fused-ring (bicyclic) bond motifs is 9. The van der Waals surface area contributed by atoms with Gasteiger partial charge in [0.1, 0.15) is 22.3 Å². The van der Waals surface area contributed by atoms with Crippen molar-refractivity contribution in [1.29, 1.82) is 0 Å². The van der Waals surface area contributed by atoms with Crippen molar-refractivity contribution in [2.45, 2.75) is 19.3 Å². The van der Waals surface area contributed by atoms with Crippen LogP contribution < -0.4 is 4.90 Å². The molecule has 12 rings (SSSR count). The second-order valence-electron chi connectivity index (χ2n) is 16.5. The molecule has 0 saturated heterocycles. The Bertz CT molecular complexity index is 3450. The SMILES string of the molecule is CC1(C)c2ccccc2-c2ccc(N(c3cccc(-c4ccc(-c5ccccc5)cc4)c3)c3ccc4c(c3)oc3cc5c(cc34)oc3cc(-c4ccccc4)ccc35)cc21. The minimum atomic E-state index is -0.136. The number of hydrogen-bond donors (Lipinski definition) is 0. The number of rotatable bonds is 6. The van der Waals surface area contributed by atoms with Crippen LogP contribution in [-0.2, 0) is 5.41 Å². The third-order valence-corrected chi connectivity index (χ3v) is 12.7. The number of furan rings is 2. The van der Waals surface area contributed by atoms with E-state index in [9.17, 15) is 0 Å². The highest BCUT2D eigenvalue weighted by molar-refractivity contribution is 6.15. The topological polar surface area (TPSA) is 29.5 Å². The summed E-state index contributed by atoms with van der Waals surface area (Å²) in [6.07, 6.45) is 0. The van der Waals surface area contributed by atoms with Gasteiger partial charge in [0.25, 0.3) is 0 Å². The molecule has 3 heteroatoms. The van der Waals surface area contributed by atoms with Crippen molar-refractivity contribution in [1.82, 2.24) is 0 Å². The first-order valence-corrected chi connectivity index (χ1v) is 20.6. The predicted molar refractivity (Wildman–Crippen MR) is 250 cm³/mol. The van der Waals surface area contributed by atoms with Crippen LogP contribution in [0.4, 0.5) is 17.1 Å². The Kier molecular flexibility index (Phi) is 7.58. The molecule has 0 atom stereocenters. The molecule has 1 aliphatic carbocycles. The molecule has 3 nitrogen and oxygen atoms in total. The molecular formula is C57H39NO2. The van der Waals surface area contributed by atoms with Gasteiger partial charge in [-0.15, -0.1) is 0 Å². The molecule has 1 aliphatic rings. The van der Waals surface area contributed by atoms with Crippen LogP contribution in [0.2, 0.25) is 0 Å². The van der Waals surface area contributed by atoms with Gasteiger partial charge in [0.05, 0.1) is 0 Å². The summed E-state index contributed by atoms with van der Waals surface area (Å²) >= 11 is 0. The maximum atomic E-state index is 6.76. The Morgan fingerprint density at radius 3 is 1.50 bits per heavy atom. The lowest BCUT2D eigenvalue weighted by molar-refractivity contribution is 0.660. The van der Waals surface area contributed by atoms with E-state index in [2.05, 4.69) is 213 Å². The van der Waals surface area contributed by atoms with E-state index >= 15 is 0 Å². The van der Waals surface area contributed by atoms with E-state index in [1.807, 2.05) is 6.07 Å². The lowest BCUT2D eigenvalue weighted by atomic mass is 9.82. The molecule has 0 radical (unpaired) electrons. The number of nitrogens with zero attached hydrogens (tertiary/aromatic N) is 1. The first kappa shape index (κ1) is 34.4. The Morgan fingerprint density at radius 1 is 0.317 bits per heavy atom. The molecular weight excluding hydrogens is 731 g/mol. The second-order valence-corrected chi connectivity index (χ2v) is 16.5. The van der Waals surface area contributed by atoms with E-state index in [1.165, 1.54) is 44.5 Å². The van der Waals surface area contributed by atoms with Gasteiger partial charge >= 0.3 is 0 Å². The van der Waals surface area contributed by atoms with Gasteiger partial charge in [0.15, 0.2) is 0 Å². The maximum absolute atomic E-state index is 6.76. The van der Waals surface area contributed by atoms with Gasteiger partial charge in [-0.3, -0.25) is 0 Å². The third kappa shape index (κ3) is 5.43. The Hall–Kier alpha value is -7.62. The zero-order valence-corrected chi connectivity index (χ0v) is 33.3. The molecule has 0 fully saturated rings. The number of benzene rings is 9. The monoisotopic (exact) mass is 769 g/mol. The van der Waals surface area contributed by atoms with Crippen LogP contribution in [0.1, 0.15) is 25.0 Å². The first-order chi connectivity index (χ1) is 29.5. The highest BCUT2D eigenvalue weighted by Crippen LogP contribution is 2.51. The van der Waals surface area contributed by atoms with Crippen LogP contribution in [0, 0.1) is 0 Å². The summed E-state index contributed by atoms with van der Waals surface area (Å²) in [5.41, 5.74) is 18.8. The lowest BCUT2D eigenvalue weighted by Gasteiger charge is -2.28. The van der Waals surface area contributed by atoms with Gasteiger partial charge in [-0.2, -0.15) is 0 Å².